The highest BCUT2D eigenvalue weighted by Gasteiger charge is 2.02. The lowest BCUT2D eigenvalue weighted by molar-refractivity contribution is 0.414. The summed E-state index contributed by atoms with van der Waals surface area (Å²) in [6.45, 7) is 1.99. The summed E-state index contributed by atoms with van der Waals surface area (Å²) in [4.78, 5) is 2.30. The zero-order valence-corrected chi connectivity index (χ0v) is 10.6. The van der Waals surface area contributed by atoms with Crippen LogP contribution in [0.25, 0.3) is 0 Å². The van der Waals surface area contributed by atoms with E-state index in [1.54, 1.807) is 31.0 Å². The molecule has 2 rings (SSSR count). The first-order chi connectivity index (χ1) is 8.19. The van der Waals surface area contributed by atoms with Crippen LogP contribution in [0.3, 0.4) is 0 Å². The maximum absolute atomic E-state index is 9.35. The van der Waals surface area contributed by atoms with Gasteiger partial charge in [-0.3, -0.25) is 0 Å². The smallest absolute Gasteiger partial charge is 0.118 e. The van der Waals surface area contributed by atoms with Crippen molar-refractivity contribution in [2.24, 2.45) is 0 Å². The van der Waals surface area contributed by atoms with Crippen molar-refractivity contribution in [1.29, 1.82) is 0 Å². The van der Waals surface area contributed by atoms with E-state index in [0.717, 1.165) is 21.1 Å². The molecule has 0 spiro atoms. The zero-order valence-electron chi connectivity index (χ0n) is 9.81. The second-order valence-corrected chi connectivity index (χ2v) is 4.84. The Hall–Kier alpha value is -1.61. The van der Waals surface area contributed by atoms with Crippen LogP contribution in [0.4, 0.5) is 0 Å². The normalized spacial score (nSPS) is 10.2. The summed E-state index contributed by atoms with van der Waals surface area (Å²) in [5.41, 5.74) is 1.07. The van der Waals surface area contributed by atoms with Crippen LogP contribution in [0.15, 0.2) is 52.3 Å². The highest BCUT2D eigenvalue weighted by Crippen LogP contribution is 2.32. The minimum Gasteiger partial charge on any atom is -0.508 e. The van der Waals surface area contributed by atoms with Gasteiger partial charge in [-0.05, 0) is 55.0 Å². The molecule has 2 aromatic rings. The van der Waals surface area contributed by atoms with Crippen molar-refractivity contribution in [1.82, 2.24) is 0 Å². The number of ether oxygens (including phenoxy) is 1. The van der Waals surface area contributed by atoms with Crippen molar-refractivity contribution in [3.63, 3.8) is 0 Å². The van der Waals surface area contributed by atoms with E-state index in [-0.39, 0.29) is 0 Å². The van der Waals surface area contributed by atoms with E-state index in [9.17, 15) is 5.11 Å². The number of methoxy groups -OCH3 is 1. The Kier molecular flexibility index (Phi) is 3.59. The molecule has 3 heteroatoms. The lowest BCUT2D eigenvalue weighted by Crippen LogP contribution is -1.82. The second kappa shape index (κ2) is 5.15. The molecule has 0 aliphatic rings. The maximum Gasteiger partial charge on any atom is 0.118 e. The molecule has 0 bridgehead atoms. The average molecular weight is 246 g/mol. The zero-order chi connectivity index (χ0) is 12.3. The molecule has 0 radical (unpaired) electrons. The van der Waals surface area contributed by atoms with Gasteiger partial charge in [-0.2, -0.15) is 0 Å². The molecule has 0 amide bonds. The van der Waals surface area contributed by atoms with Gasteiger partial charge < -0.3 is 9.84 Å². The molecule has 88 valence electrons. The Bertz CT molecular complexity index is 506. The van der Waals surface area contributed by atoms with Gasteiger partial charge in [0.05, 0.1) is 7.11 Å². The van der Waals surface area contributed by atoms with E-state index in [1.165, 1.54) is 0 Å². The molecule has 0 saturated carbocycles. The molecule has 1 N–H and O–H groups in total. The Morgan fingerprint density at radius 3 is 2.35 bits per heavy atom. The van der Waals surface area contributed by atoms with E-state index >= 15 is 0 Å². The summed E-state index contributed by atoms with van der Waals surface area (Å²) in [6, 6.07) is 13.3. The Morgan fingerprint density at radius 1 is 1.06 bits per heavy atom. The van der Waals surface area contributed by atoms with Gasteiger partial charge in [0.15, 0.2) is 0 Å². The van der Waals surface area contributed by atoms with Gasteiger partial charge >= 0.3 is 0 Å². The van der Waals surface area contributed by atoms with Crippen LogP contribution in [0.5, 0.6) is 11.5 Å². The Morgan fingerprint density at radius 2 is 1.76 bits per heavy atom. The van der Waals surface area contributed by atoms with Gasteiger partial charge in [0.1, 0.15) is 11.5 Å². The predicted molar refractivity (Wildman–Crippen MR) is 70.0 cm³/mol. The van der Waals surface area contributed by atoms with Crippen LogP contribution < -0.4 is 4.74 Å². The van der Waals surface area contributed by atoms with E-state index < -0.39 is 0 Å². The summed E-state index contributed by atoms with van der Waals surface area (Å²) in [5, 5.41) is 9.35. The number of rotatable bonds is 3. The topological polar surface area (TPSA) is 29.5 Å². The molecular weight excluding hydrogens is 232 g/mol. The third-order valence-electron chi connectivity index (χ3n) is 2.45. The third-order valence-corrected chi connectivity index (χ3v) is 3.63. The standard InChI is InChI=1S/C14H14O2S/c1-10-9-11(15)3-8-14(10)17-13-6-4-12(16-2)5-7-13/h3-9,15H,1-2H3. The number of hydrogen-bond acceptors (Lipinski definition) is 3. The van der Waals surface area contributed by atoms with Crippen LogP contribution in [0, 0.1) is 6.92 Å². The molecule has 0 aromatic heterocycles. The second-order valence-electron chi connectivity index (χ2n) is 3.73. The van der Waals surface area contributed by atoms with Crippen LogP contribution >= 0.6 is 11.8 Å². The Labute approximate surface area is 105 Å². The number of phenols is 1. The molecule has 0 unspecified atom stereocenters. The highest BCUT2D eigenvalue weighted by molar-refractivity contribution is 7.99. The molecular formula is C14H14O2S. The fourth-order valence-electron chi connectivity index (χ4n) is 1.52. The first-order valence-electron chi connectivity index (χ1n) is 5.30. The highest BCUT2D eigenvalue weighted by atomic mass is 32.2. The molecule has 0 heterocycles. The first-order valence-corrected chi connectivity index (χ1v) is 6.12. The summed E-state index contributed by atoms with van der Waals surface area (Å²) in [7, 11) is 1.66. The quantitative estimate of drug-likeness (QED) is 0.891. The number of aryl methyl sites for hydroxylation is 1. The molecule has 0 aliphatic carbocycles. The lowest BCUT2D eigenvalue weighted by Gasteiger charge is -2.06. The van der Waals surface area contributed by atoms with Crippen molar-refractivity contribution in [2.45, 2.75) is 16.7 Å². The maximum atomic E-state index is 9.35. The van der Waals surface area contributed by atoms with Gasteiger partial charge in [0.25, 0.3) is 0 Å². The number of aromatic hydroxyl groups is 1. The number of phenolic OH excluding ortho intramolecular Hbond substituents is 1. The van der Waals surface area contributed by atoms with Crippen LogP contribution in [-0.2, 0) is 0 Å². The van der Waals surface area contributed by atoms with Crippen LogP contribution in [0.1, 0.15) is 5.56 Å². The van der Waals surface area contributed by atoms with Crippen molar-refractivity contribution in [3.05, 3.63) is 48.0 Å². The largest absolute Gasteiger partial charge is 0.508 e. The van der Waals surface area contributed by atoms with Crippen molar-refractivity contribution in [2.75, 3.05) is 7.11 Å². The first kappa shape index (κ1) is 11.9. The summed E-state index contributed by atoms with van der Waals surface area (Å²) < 4.78 is 5.12. The van der Waals surface area contributed by atoms with Crippen molar-refractivity contribution in [3.8, 4) is 11.5 Å². The molecule has 0 fully saturated rings. The number of hydrogen-bond donors (Lipinski definition) is 1. The molecule has 0 atom stereocenters. The molecule has 2 aromatic carbocycles. The average Bonchev–Trinajstić information content (AvgIpc) is 2.34. The minimum atomic E-state index is 0.307. The summed E-state index contributed by atoms with van der Waals surface area (Å²) >= 11 is 1.68. The van der Waals surface area contributed by atoms with E-state index in [1.807, 2.05) is 37.3 Å². The van der Waals surface area contributed by atoms with Crippen LogP contribution in [0.2, 0.25) is 0 Å². The van der Waals surface area contributed by atoms with Crippen molar-refractivity contribution >= 4 is 11.8 Å². The van der Waals surface area contributed by atoms with Crippen LogP contribution in [-0.4, -0.2) is 12.2 Å². The SMILES string of the molecule is COc1ccc(Sc2ccc(O)cc2C)cc1. The minimum absolute atomic E-state index is 0.307. The molecule has 2 nitrogen and oxygen atoms in total. The predicted octanol–water partition coefficient (Wildman–Crippen LogP) is 3.86. The fourth-order valence-corrected chi connectivity index (χ4v) is 2.40. The van der Waals surface area contributed by atoms with Gasteiger partial charge in [0, 0.05) is 9.79 Å². The van der Waals surface area contributed by atoms with Gasteiger partial charge in [-0.1, -0.05) is 11.8 Å². The van der Waals surface area contributed by atoms with E-state index in [2.05, 4.69) is 0 Å². The molecule has 0 aliphatic heterocycles. The summed E-state index contributed by atoms with van der Waals surface area (Å²) in [6.07, 6.45) is 0. The van der Waals surface area contributed by atoms with E-state index in [4.69, 9.17) is 4.74 Å². The number of benzene rings is 2. The Balaban J connectivity index is 2.19. The van der Waals surface area contributed by atoms with E-state index in [0.29, 0.717) is 5.75 Å². The monoisotopic (exact) mass is 246 g/mol. The summed E-state index contributed by atoms with van der Waals surface area (Å²) in [5.74, 6) is 1.17. The molecule has 0 saturated heterocycles. The molecule has 17 heavy (non-hydrogen) atoms. The lowest BCUT2D eigenvalue weighted by atomic mass is 10.2. The third kappa shape index (κ3) is 2.94. The van der Waals surface area contributed by atoms with Gasteiger partial charge in [-0.25, -0.2) is 0 Å². The van der Waals surface area contributed by atoms with Crippen molar-refractivity contribution < 1.29 is 9.84 Å². The van der Waals surface area contributed by atoms with Gasteiger partial charge in [-0.15, -0.1) is 0 Å². The van der Waals surface area contributed by atoms with Gasteiger partial charge in [0.2, 0.25) is 0 Å². The fraction of sp³-hybridized carbons (Fsp3) is 0.143.